The fraction of sp³-hybridized carbons (Fsp3) is 0.484. The van der Waals surface area contributed by atoms with Crippen molar-refractivity contribution >= 4 is 34.5 Å². The van der Waals surface area contributed by atoms with Gasteiger partial charge in [0, 0.05) is 30.6 Å². The number of carbonyl (C=O) groups excluding carboxylic acids is 1. The topological polar surface area (TPSA) is 65.8 Å². The molecule has 1 aromatic heterocycles. The summed E-state index contributed by atoms with van der Waals surface area (Å²) in [6, 6.07) is 9.10. The lowest BCUT2D eigenvalue weighted by Gasteiger charge is -2.25. The first-order valence-corrected chi connectivity index (χ1v) is 14.5. The first-order chi connectivity index (χ1) is 19.3. The van der Waals surface area contributed by atoms with Crippen LogP contribution in [0.1, 0.15) is 51.2 Å². The number of aromatic nitrogens is 2. The van der Waals surface area contributed by atoms with E-state index in [1.807, 2.05) is 35.9 Å². The summed E-state index contributed by atoms with van der Waals surface area (Å²) in [5.41, 5.74) is 3.36. The van der Waals surface area contributed by atoms with Gasteiger partial charge in [0.2, 0.25) is 0 Å². The molecule has 0 amide bonds. The summed E-state index contributed by atoms with van der Waals surface area (Å²) in [7, 11) is 0. The largest absolute Gasteiger partial charge is 0.489 e. The van der Waals surface area contributed by atoms with E-state index in [2.05, 4.69) is 23.8 Å². The maximum absolute atomic E-state index is 15.2. The molecular weight excluding hydrogens is 533 g/mol. The quantitative estimate of drug-likeness (QED) is 0.274. The lowest BCUT2D eigenvalue weighted by molar-refractivity contribution is -0.148. The van der Waals surface area contributed by atoms with Crippen LogP contribution < -0.4 is 9.47 Å². The van der Waals surface area contributed by atoms with E-state index in [0.717, 1.165) is 60.9 Å². The summed E-state index contributed by atoms with van der Waals surface area (Å²) >= 11 is 6.40. The zero-order chi connectivity index (χ0) is 28.2. The predicted octanol–water partition coefficient (Wildman–Crippen LogP) is 6.50. The van der Waals surface area contributed by atoms with Gasteiger partial charge in [0.1, 0.15) is 30.5 Å². The highest BCUT2D eigenvalue weighted by Gasteiger charge is 2.25. The number of carbonyl (C=O) groups is 1. The minimum atomic E-state index is -0.378. The molecule has 0 saturated carbocycles. The van der Waals surface area contributed by atoms with Crippen molar-refractivity contribution in [2.24, 2.45) is 11.8 Å². The second-order valence-electron chi connectivity index (χ2n) is 11.1. The summed E-state index contributed by atoms with van der Waals surface area (Å²) in [6.45, 7) is 10.4. The van der Waals surface area contributed by atoms with Crippen molar-refractivity contribution in [1.82, 2.24) is 14.7 Å². The Morgan fingerprint density at radius 2 is 2.08 bits per heavy atom. The number of benzene rings is 2. The van der Waals surface area contributed by atoms with E-state index < -0.39 is 0 Å². The molecule has 3 aromatic rings. The molecule has 0 spiro atoms. The number of likely N-dealkylation sites (tertiary alicyclic amines) is 1. The van der Waals surface area contributed by atoms with E-state index in [1.54, 1.807) is 6.07 Å². The number of halogens is 2. The van der Waals surface area contributed by atoms with Crippen molar-refractivity contribution in [3.63, 3.8) is 0 Å². The minimum absolute atomic E-state index is 0.0420. The van der Waals surface area contributed by atoms with Crippen LogP contribution in [-0.2, 0) is 22.7 Å². The van der Waals surface area contributed by atoms with Gasteiger partial charge in [-0.1, -0.05) is 31.5 Å². The van der Waals surface area contributed by atoms with Crippen molar-refractivity contribution in [3.8, 4) is 11.5 Å². The van der Waals surface area contributed by atoms with Gasteiger partial charge < -0.3 is 14.2 Å². The standard InChI is InChI=1S/C31H37ClFN3O4/c1-4-38-31(37)23-6-5-10-35(11-9-23)17-22-13-25-27(33)14-24(15-29(25)40-19-22)39-18-21-7-8-28-26(12-21)30(32)34-36(28)16-20(2)3/h7-8,12-15,20,23H,4-6,9-11,16-19H2,1-3H3. The van der Waals surface area contributed by atoms with Crippen LogP contribution in [0.4, 0.5) is 4.39 Å². The van der Waals surface area contributed by atoms with E-state index in [1.165, 1.54) is 6.07 Å². The molecule has 3 heterocycles. The van der Waals surface area contributed by atoms with E-state index in [9.17, 15) is 4.79 Å². The highest BCUT2D eigenvalue weighted by Crippen LogP contribution is 2.34. The lowest BCUT2D eigenvalue weighted by atomic mass is 10.0. The fourth-order valence-corrected chi connectivity index (χ4v) is 5.69. The Bertz CT molecular complexity index is 1400. The first-order valence-electron chi connectivity index (χ1n) is 14.1. The molecule has 0 radical (unpaired) electrons. The minimum Gasteiger partial charge on any atom is -0.489 e. The predicted molar refractivity (Wildman–Crippen MR) is 154 cm³/mol. The monoisotopic (exact) mass is 569 g/mol. The van der Waals surface area contributed by atoms with Crippen LogP contribution in [0.3, 0.4) is 0 Å². The van der Waals surface area contributed by atoms with Gasteiger partial charge >= 0.3 is 5.97 Å². The van der Waals surface area contributed by atoms with Crippen LogP contribution in [-0.4, -0.2) is 53.5 Å². The second-order valence-corrected chi connectivity index (χ2v) is 11.4. The first kappa shape index (κ1) is 28.4. The van der Waals surface area contributed by atoms with Crippen molar-refractivity contribution in [2.45, 2.75) is 53.2 Å². The van der Waals surface area contributed by atoms with Crippen molar-refractivity contribution < 1.29 is 23.4 Å². The zero-order valence-electron chi connectivity index (χ0n) is 23.4. The van der Waals surface area contributed by atoms with Crippen molar-refractivity contribution in [3.05, 3.63) is 58.0 Å². The summed E-state index contributed by atoms with van der Waals surface area (Å²) in [5, 5.41) is 5.80. The summed E-state index contributed by atoms with van der Waals surface area (Å²) < 4.78 is 34.2. The summed E-state index contributed by atoms with van der Waals surface area (Å²) in [4.78, 5) is 14.5. The third-order valence-electron chi connectivity index (χ3n) is 7.41. The van der Waals surface area contributed by atoms with Gasteiger partial charge in [-0.15, -0.1) is 0 Å². The molecule has 0 N–H and O–H groups in total. The maximum Gasteiger partial charge on any atom is 0.308 e. The Morgan fingerprint density at radius 1 is 1.23 bits per heavy atom. The van der Waals surface area contributed by atoms with Crippen LogP contribution >= 0.6 is 11.6 Å². The smallest absolute Gasteiger partial charge is 0.308 e. The average Bonchev–Trinajstić information content (AvgIpc) is 3.07. The Morgan fingerprint density at radius 3 is 2.88 bits per heavy atom. The number of fused-ring (bicyclic) bond motifs is 2. The molecule has 7 nitrogen and oxygen atoms in total. The molecule has 1 saturated heterocycles. The van der Waals surface area contributed by atoms with Gasteiger partial charge in [-0.3, -0.25) is 14.4 Å². The molecule has 40 heavy (non-hydrogen) atoms. The molecule has 9 heteroatoms. The third-order valence-corrected chi connectivity index (χ3v) is 7.69. The number of esters is 1. The zero-order valence-corrected chi connectivity index (χ0v) is 24.2. The Balaban J connectivity index is 1.22. The van der Waals surface area contributed by atoms with Crippen LogP contribution in [0.25, 0.3) is 17.0 Å². The number of nitrogens with zero attached hydrogens (tertiary/aromatic N) is 3. The molecular formula is C31H37ClFN3O4. The molecule has 214 valence electrons. The molecule has 0 aliphatic carbocycles. The number of rotatable bonds is 9. The highest BCUT2D eigenvalue weighted by atomic mass is 35.5. The van der Waals surface area contributed by atoms with E-state index in [4.69, 9.17) is 25.8 Å². The lowest BCUT2D eigenvalue weighted by Crippen LogP contribution is -2.30. The number of ether oxygens (including phenoxy) is 3. The molecule has 2 aliphatic rings. The molecule has 2 aromatic carbocycles. The maximum atomic E-state index is 15.2. The molecule has 1 unspecified atom stereocenters. The summed E-state index contributed by atoms with van der Waals surface area (Å²) in [6.07, 6.45) is 4.44. The third kappa shape index (κ3) is 6.61. The van der Waals surface area contributed by atoms with Gasteiger partial charge in [-0.2, -0.15) is 5.10 Å². The molecule has 1 fully saturated rings. The fourth-order valence-electron chi connectivity index (χ4n) is 5.45. The molecule has 1 atom stereocenters. The Hall–Kier alpha value is -3.10. The molecule has 0 bridgehead atoms. The average molecular weight is 570 g/mol. The van der Waals surface area contributed by atoms with Crippen LogP contribution in [0.5, 0.6) is 11.5 Å². The summed E-state index contributed by atoms with van der Waals surface area (Å²) in [5.74, 6) is 0.823. The van der Waals surface area contributed by atoms with Gasteiger partial charge in [0.15, 0.2) is 5.15 Å². The Labute approximate surface area is 239 Å². The normalized spacial score (nSPS) is 17.8. The van der Waals surface area contributed by atoms with E-state index in [-0.39, 0.29) is 24.3 Å². The second kappa shape index (κ2) is 12.6. The van der Waals surface area contributed by atoms with Crippen molar-refractivity contribution in [1.29, 1.82) is 0 Å². The van der Waals surface area contributed by atoms with Gasteiger partial charge in [-0.05, 0) is 74.5 Å². The van der Waals surface area contributed by atoms with Gasteiger partial charge in [0.05, 0.1) is 23.6 Å². The number of hydrogen-bond acceptors (Lipinski definition) is 6. The molecule has 5 rings (SSSR count). The highest BCUT2D eigenvalue weighted by molar-refractivity contribution is 6.34. The van der Waals surface area contributed by atoms with E-state index >= 15 is 4.39 Å². The van der Waals surface area contributed by atoms with Crippen LogP contribution in [0.2, 0.25) is 5.15 Å². The van der Waals surface area contributed by atoms with Gasteiger partial charge in [0.25, 0.3) is 0 Å². The van der Waals surface area contributed by atoms with Crippen LogP contribution in [0, 0.1) is 17.7 Å². The van der Waals surface area contributed by atoms with Gasteiger partial charge in [-0.25, -0.2) is 4.39 Å². The number of hydrogen-bond donors (Lipinski definition) is 0. The Kier molecular flexibility index (Phi) is 8.96. The molecule has 2 aliphatic heterocycles. The van der Waals surface area contributed by atoms with Crippen molar-refractivity contribution in [2.75, 3.05) is 32.8 Å². The van der Waals surface area contributed by atoms with E-state index in [0.29, 0.717) is 47.9 Å². The van der Waals surface area contributed by atoms with Crippen LogP contribution in [0.15, 0.2) is 35.9 Å². The SMILES string of the molecule is CCOC(=O)C1CCCN(CC2=Cc3c(F)cc(OCc4ccc5c(c4)c(Cl)nn5CC(C)C)cc3OC2)CC1.